The van der Waals surface area contributed by atoms with Gasteiger partial charge in [-0.1, -0.05) is 23.0 Å². The topological polar surface area (TPSA) is 100 Å². The molecular weight excluding hydrogens is 461 g/mol. The fourth-order valence-electron chi connectivity index (χ4n) is 3.36. The van der Waals surface area contributed by atoms with Crippen molar-refractivity contribution in [2.45, 2.75) is 43.6 Å². The first-order valence-corrected chi connectivity index (χ1v) is 11.3. The van der Waals surface area contributed by atoms with E-state index in [2.05, 4.69) is 15.2 Å². The Morgan fingerprint density at radius 2 is 2.06 bits per heavy atom. The lowest BCUT2D eigenvalue weighted by Crippen LogP contribution is -2.16. The first kappa shape index (κ1) is 23.0. The summed E-state index contributed by atoms with van der Waals surface area (Å²) in [5.74, 6) is -1.31. The number of hydrogen-bond donors (Lipinski definition) is 0. The van der Waals surface area contributed by atoms with Crippen molar-refractivity contribution in [3.63, 3.8) is 0 Å². The van der Waals surface area contributed by atoms with Gasteiger partial charge in [0.25, 0.3) is 0 Å². The third-order valence-corrected chi connectivity index (χ3v) is 5.62. The molecular formula is C21H19F3N4O4S. The highest BCUT2D eigenvalue weighted by atomic mass is 32.2. The van der Waals surface area contributed by atoms with Gasteiger partial charge in [0.2, 0.25) is 10.9 Å². The van der Waals surface area contributed by atoms with E-state index in [1.165, 1.54) is 22.8 Å². The van der Waals surface area contributed by atoms with E-state index in [0.717, 1.165) is 31.0 Å². The first-order valence-electron chi connectivity index (χ1n) is 10.1. The average molecular weight is 480 g/mol. The van der Waals surface area contributed by atoms with Crippen LogP contribution in [0.3, 0.4) is 0 Å². The molecule has 2 aromatic heterocycles. The molecule has 0 atom stereocenters. The normalized spacial score (nSPS) is 13.8. The zero-order valence-corrected chi connectivity index (χ0v) is 18.5. The van der Waals surface area contributed by atoms with Crippen LogP contribution in [0.25, 0.3) is 0 Å². The van der Waals surface area contributed by atoms with Gasteiger partial charge in [0.15, 0.2) is 11.5 Å². The number of rotatable bonds is 8. The molecule has 0 amide bonds. The summed E-state index contributed by atoms with van der Waals surface area (Å²) in [5, 5.41) is 8.36. The quantitative estimate of drug-likeness (QED) is 0.267. The summed E-state index contributed by atoms with van der Waals surface area (Å²) in [7, 11) is 0. The maximum absolute atomic E-state index is 13.6. The Kier molecular flexibility index (Phi) is 6.28. The number of carbonyl (C=O) groups is 2. The van der Waals surface area contributed by atoms with Crippen LogP contribution < -0.4 is 0 Å². The van der Waals surface area contributed by atoms with Gasteiger partial charge in [-0.25, -0.2) is 14.5 Å². The average Bonchev–Trinajstić information content (AvgIpc) is 3.35. The smallest absolute Gasteiger partial charge is 0.416 e. The SMILES string of the molecule is CCOC(=O)c1noc(C2CC2)c1C(=O)c1ccc(C(F)(F)F)cc1Cn1cnc(SC)n1. The number of ketones is 1. The number of esters is 1. The van der Waals surface area contributed by atoms with Gasteiger partial charge in [-0.3, -0.25) is 4.79 Å². The molecule has 33 heavy (non-hydrogen) atoms. The second kappa shape index (κ2) is 9.00. The Labute approximate surface area is 190 Å². The minimum Gasteiger partial charge on any atom is -0.461 e. The fourth-order valence-corrected chi connectivity index (χ4v) is 3.70. The highest BCUT2D eigenvalue weighted by molar-refractivity contribution is 7.98. The zero-order chi connectivity index (χ0) is 23.8. The monoisotopic (exact) mass is 480 g/mol. The van der Waals surface area contributed by atoms with Crippen molar-refractivity contribution in [3.8, 4) is 0 Å². The lowest BCUT2D eigenvalue weighted by Gasteiger charge is -2.13. The van der Waals surface area contributed by atoms with Gasteiger partial charge in [0.05, 0.1) is 18.7 Å². The molecule has 1 saturated carbocycles. The van der Waals surface area contributed by atoms with Crippen LogP contribution in [0.15, 0.2) is 34.2 Å². The maximum atomic E-state index is 13.6. The predicted octanol–water partition coefficient (Wildman–Crippen LogP) is 4.34. The van der Waals surface area contributed by atoms with E-state index >= 15 is 0 Å². The van der Waals surface area contributed by atoms with Crippen LogP contribution in [0, 0.1) is 0 Å². The number of carbonyl (C=O) groups excluding carboxylic acids is 2. The Balaban J connectivity index is 1.80. The minimum absolute atomic E-state index is 0.0140. The van der Waals surface area contributed by atoms with E-state index in [9.17, 15) is 22.8 Å². The second-order valence-corrected chi connectivity index (χ2v) is 8.17. The van der Waals surface area contributed by atoms with Crippen molar-refractivity contribution in [1.29, 1.82) is 0 Å². The van der Waals surface area contributed by atoms with Crippen LogP contribution in [0.2, 0.25) is 0 Å². The van der Waals surface area contributed by atoms with E-state index < -0.39 is 23.5 Å². The molecule has 0 unspecified atom stereocenters. The Hall–Kier alpha value is -3.15. The number of nitrogens with zero attached hydrogens (tertiary/aromatic N) is 4. The van der Waals surface area contributed by atoms with Crippen LogP contribution in [0.5, 0.6) is 0 Å². The summed E-state index contributed by atoms with van der Waals surface area (Å²) in [6.07, 6.45) is 0.0538. The van der Waals surface area contributed by atoms with Gasteiger partial charge in [-0.15, -0.1) is 5.10 Å². The molecule has 1 fully saturated rings. The number of benzene rings is 1. The van der Waals surface area contributed by atoms with E-state index in [0.29, 0.717) is 5.16 Å². The fraction of sp³-hybridized carbons (Fsp3) is 0.381. The molecule has 0 bridgehead atoms. The zero-order valence-electron chi connectivity index (χ0n) is 17.7. The predicted molar refractivity (Wildman–Crippen MR) is 110 cm³/mol. The number of aromatic nitrogens is 4. The number of halogens is 3. The van der Waals surface area contributed by atoms with Crippen molar-refractivity contribution in [2.24, 2.45) is 0 Å². The lowest BCUT2D eigenvalue weighted by atomic mass is 9.94. The number of ether oxygens (including phenoxy) is 1. The third-order valence-electron chi connectivity index (χ3n) is 5.07. The van der Waals surface area contributed by atoms with Crippen LogP contribution >= 0.6 is 11.8 Å². The molecule has 12 heteroatoms. The molecule has 0 aliphatic heterocycles. The minimum atomic E-state index is -4.60. The van der Waals surface area contributed by atoms with E-state index in [4.69, 9.17) is 9.26 Å². The lowest BCUT2D eigenvalue weighted by molar-refractivity contribution is -0.137. The van der Waals surface area contributed by atoms with Crippen LogP contribution in [-0.4, -0.2) is 44.5 Å². The van der Waals surface area contributed by atoms with Crippen molar-refractivity contribution in [2.75, 3.05) is 12.9 Å². The number of alkyl halides is 3. The summed E-state index contributed by atoms with van der Waals surface area (Å²) in [6.45, 7) is 1.54. The summed E-state index contributed by atoms with van der Waals surface area (Å²) >= 11 is 1.28. The summed E-state index contributed by atoms with van der Waals surface area (Å²) < 4.78 is 51.8. The summed E-state index contributed by atoms with van der Waals surface area (Å²) in [6, 6.07) is 2.84. The molecule has 0 saturated heterocycles. The van der Waals surface area contributed by atoms with Crippen molar-refractivity contribution in [3.05, 3.63) is 58.2 Å². The standard InChI is InChI=1S/C21H19F3N4O4S/c1-3-31-19(30)16-15(18(32-27-16)11-4-5-11)17(29)14-7-6-13(21(22,23)24)8-12(14)9-28-10-25-20(26-28)33-2/h6-8,10-11H,3-5,9H2,1-2H3. The third kappa shape index (κ3) is 4.80. The van der Waals surface area contributed by atoms with E-state index in [1.807, 2.05) is 0 Å². The van der Waals surface area contributed by atoms with Crippen molar-refractivity contribution in [1.82, 2.24) is 19.9 Å². The molecule has 1 aromatic carbocycles. The van der Waals surface area contributed by atoms with Crippen molar-refractivity contribution >= 4 is 23.5 Å². The molecule has 0 N–H and O–H groups in total. The van der Waals surface area contributed by atoms with Gasteiger partial charge < -0.3 is 9.26 Å². The summed E-state index contributed by atoms with van der Waals surface area (Å²) in [5.41, 5.74) is -1.19. The first-order chi connectivity index (χ1) is 15.7. The highest BCUT2D eigenvalue weighted by Gasteiger charge is 2.38. The van der Waals surface area contributed by atoms with Gasteiger partial charge in [-0.2, -0.15) is 13.2 Å². The molecule has 3 aromatic rings. The van der Waals surface area contributed by atoms with Crippen LogP contribution in [-0.2, 0) is 17.5 Å². The molecule has 1 aliphatic carbocycles. The molecule has 174 valence electrons. The van der Waals surface area contributed by atoms with Gasteiger partial charge >= 0.3 is 12.1 Å². The molecule has 0 radical (unpaired) electrons. The van der Waals surface area contributed by atoms with Gasteiger partial charge in [0.1, 0.15) is 11.9 Å². The molecule has 4 rings (SSSR count). The maximum Gasteiger partial charge on any atom is 0.416 e. The van der Waals surface area contributed by atoms with Crippen LogP contribution in [0.1, 0.15) is 69.0 Å². The Bertz CT molecular complexity index is 1200. The highest BCUT2D eigenvalue weighted by Crippen LogP contribution is 2.43. The molecule has 8 nitrogen and oxygen atoms in total. The second-order valence-electron chi connectivity index (χ2n) is 7.39. The molecule has 2 heterocycles. The Morgan fingerprint density at radius 1 is 1.30 bits per heavy atom. The van der Waals surface area contributed by atoms with Crippen molar-refractivity contribution < 1.29 is 32.0 Å². The van der Waals surface area contributed by atoms with E-state index in [-0.39, 0.29) is 47.2 Å². The largest absolute Gasteiger partial charge is 0.461 e. The number of thioether (sulfide) groups is 1. The number of hydrogen-bond acceptors (Lipinski definition) is 8. The van der Waals surface area contributed by atoms with Gasteiger partial charge in [-0.05, 0) is 43.7 Å². The molecule has 1 aliphatic rings. The Morgan fingerprint density at radius 3 is 2.67 bits per heavy atom. The summed E-state index contributed by atoms with van der Waals surface area (Å²) in [4.78, 5) is 30.0. The van der Waals surface area contributed by atoms with Crippen LogP contribution in [0.4, 0.5) is 13.2 Å². The molecule has 0 spiro atoms. The van der Waals surface area contributed by atoms with E-state index in [1.54, 1.807) is 13.2 Å². The van der Waals surface area contributed by atoms with Gasteiger partial charge in [0, 0.05) is 11.5 Å².